The van der Waals surface area contributed by atoms with Crippen LogP contribution in [0.1, 0.15) is 27.7 Å². The third-order valence-electron chi connectivity index (χ3n) is 6.94. The van der Waals surface area contributed by atoms with Crippen LogP contribution in [0.15, 0.2) is 83.3 Å². The van der Waals surface area contributed by atoms with Crippen molar-refractivity contribution in [2.75, 3.05) is 0 Å². The molecule has 6 rings (SSSR count). The molecule has 1 aliphatic heterocycles. The maximum Gasteiger partial charge on any atom is 0.494 e. The van der Waals surface area contributed by atoms with E-state index in [1.165, 1.54) is 0 Å². The van der Waals surface area contributed by atoms with Gasteiger partial charge in [-0.2, -0.15) is 0 Å². The zero-order valence-corrected chi connectivity index (χ0v) is 19.7. The van der Waals surface area contributed by atoms with Crippen LogP contribution < -0.4 is 5.46 Å². The van der Waals surface area contributed by atoms with Crippen LogP contribution in [0.5, 0.6) is 0 Å². The van der Waals surface area contributed by atoms with E-state index in [0.717, 1.165) is 38.8 Å². The molecular weight excluding hydrogens is 423 g/mol. The maximum atomic E-state index is 6.29. The summed E-state index contributed by atoms with van der Waals surface area (Å²) < 4.78 is 18.9. The van der Waals surface area contributed by atoms with Gasteiger partial charge in [-0.25, -0.2) is 9.97 Å². The largest absolute Gasteiger partial charge is 0.494 e. The summed E-state index contributed by atoms with van der Waals surface area (Å²) in [6.45, 7) is 8.24. The van der Waals surface area contributed by atoms with E-state index in [1.54, 1.807) is 0 Å². The summed E-state index contributed by atoms with van der Waals surface area (Å²) in [6.07, 6.45) is 0. The quantitative estimate of drug-likeness (QED) is 0.317. The minimum absolute atomic E-state index is 0.408. The van der Waals surface area contributed by atoms with Crippen molar-refractivity contribution in [3.05, 3.63) is 78.9 Å². The van der Waals surface area contributed by atoms with Crippen molar-refractivity contribution in [2.45, 2.75) is 38.9 Å². The van der Waals surface area contributed by atoms with Gasteiger partial charge < -0.3 is 13.7 Å². The lowest BCUT2D eigenvalue weighted by Gasteiger charge is -2.32. The Labute approximate surface area is 198 Å². The third-order valence-corrected chi connectivity index (χ3v) is 6.94. The number of rotatable bonds is 3. The van der Waals surface area contributed by atoms with Gasteiger partial charge in [-0.15, -0.1) is 0 Å². The van der Waals surface area contributed by atoms with Crippen molar-refractivity contribution < 1.29 is 13.7 Å². The fourth-order valence-corrected chi connectivity index (χ4v) is 4.31. The van der Waals surface area contributed by atoms with E-state index in [2.05, 4.69) is 33.8 Å². The predicted octanol–water partition coefficient (Wildman–Crippen LogP) is 6.01. The second kappa shape index (κ2) is 7.52. The summed E-state index contributed by atoms with van der Waals surface area (Å²) in [6, 6.07) is 26.1. The van der Waals surface area contributed by atoms with E-state index in [-0.39, 0.29) is 0 Å². The van der Waals surface area contributed by atoms with Gasteiger partial charge in [0.1, 0.15) is 16.8 Å². The first kappa shape index (κ1) is 21.1. The van der Waals surface area contributed by atoms with Gasteiger partial charge in [0.25, 0.3) is 0 Å². The molecule has 168 valence electrons. The van der Waals surface area contributed by atoms with Crippen molar-refractivity contribution in [3.8, 4) is 22.6 Å². The van der Waals surface area contributed by atoms with Crippen LogP contribution in [-0.2, 0) is 9.31 Å². The Morgan fingerprint density at radius 1 is 0.706 bits per heavy atom. The predicted molar refractivity (Wildman–Crippen MR) is 136 cm³/mol. The molecule has 34 heavy (non-hydrogen) atoms. The normalized spacial score (nSPS) is 17.0. The van der Waals surface area contributed by atoms with E-state index in [4.69, 9.17) is 23.7 Å². The van der Waals surface area contributed by atoms with E-state index in [0.29, 0.717) is 11.4 Å². The first-order valence-corrected chi connectivity index (χ1v) is 11.5. The number of furan rings is 1. The van der Waals surface area contributed by atoms with Gasteiger partial charge in [-0.05, 0) is 45.3 Å². The number of hydrogen-bond donors (Lipinski definition) is 0. The molecule has 0 saturated carbocycles. The average molecular weight is 448 g/mol. The van der Waals surface area contributed by atoms with Gasteiger partial charge in [0, 0.05) is 16.5 Å². The van der Waals surface area contributed by atoms with Crippen LogP contribution in [0.2, 0.25) is 0 Å². The lowest BCUT2D eigenvalue weighted by atomic mass is 9.78. The first-order chi connectivity index (χ1) is 16.3. The van der Waals surface area contributed by atoms with Crippen molar-refractivity contribution >= 4 is 34.7 Å². The topological polar surface area (TPSA) is 57.4 Å². The van der Waals surface area contributed by atoms with E-state index in [1.807, 2.05) is 72.8 Å². The molecular formula is C28H25BN2O3. The minimum atomic E-state index is -0.452. The molecule has 2 aromatic heterocycles. The van der Waals surface area contributed by atoms with Crippen LogP contribution in [0, 0.1) is 0 Å². The Morgan fingerprint density at radius 2 is 1.38 bits per heavy atom. The summed E-state index contributed by atoms with van der Waals surface area (Å²) in [5.74, 6) is 0.663. The van der Waals surface area contributed by atoms with Crippen molar-refractivity contribution in [1.29, 1.82) is 0 Å². The maximum absolute atomic E-state index is 6.29. The van der Waals surface area contributed by atoms with Crippen LogP contribution >= 0.6 is 0 Å². The fraction of sp³-hybridized carbons (Fsp3) is 0.214. The molecule has 0 amide bonds. The highest BCUT2D eigenvalue weighted by molar-refractivity contribution is 6.62. The molecule has 1 aliphatic rings. The van der Waals surface area contributed by atoms with Crippen LogP contribution in [0.4, 0.5) is 0 Å². The van der Waals surface area contributed by atoms with Gasteiger partial charge in [-0.1, -0.05) is 66.7 Å². The SMILES string of the molecule is CC1(C)OB(c2cccc(-c3nc(-c4ccccc4)nc4c3oc3ccccc34)c2)OC1(C)C. The standard InChI is InChI=1S/C28H25BN2O3/c1-27(2)28(3,4)34-29(33-27)20-14-10-13-19(17-20)23-25-24(21-15-8-9-16-22(21)32-25)31-26(30-23)18-11-6-5-7-12-18/h5-17H,1-4H3. The highest BCUT2D eigenvalue weighted by Gasteiger charge is 2.51. The zero-order chi connectivity index (χ0) is 23.5. The van der Waals surface area contributed by atoms with E-state index in [9.17, 15) is 0 Å². The number of fused-ring (bicyclic) bond motifs is 3. The second-order valence-electron chi connectivity index (χ2n) is 9.75. The fourth-order valence-electron chi connectivity index (χ4n) is 4.31. The van der Waals surface area contributed by atoms with Gasteiger partial charge >= 0.3 is 7.12 Å². The van der Waals surface area contributed by atoms with E-state index >= 15 is 0 Å². The van der Waals surface area contributed by atoms with Crippen molar-refractivity contribution in [1.82, 2.24) is 9.97 Å². The lowest BCUT2D eigenvalue weighted by molar-refractivity contribution is 0.00578. The van der Waals surface area contributed by atoms with Gasteiger partial charge in [0.2, 0.25) is 0 Å². The molecule has 0 bridgehead atoms. The molecule has 1 saturated heterocycles. The number of aromatic nitrogens is 2. The smallest absolute Gasteiger partial charge is 0.452 e. The molecule has 0 radical (unpaired) electrons. The minimum Gasteiger partial charge on any atom is -0.452 e. The number of hydrogen-bond acceptors (Lipinski definition) is 5. The molecule has 0 spiro atoms. The number of benzene rings is 3. The average Bonchev–Trinajstić information content (AvgIpc) is 3.32. The Hall–Kier alpha value is -3.48. The molecule has 5 nitrogen and oxygen atoms in total. The third kappa shape index (κ3) is 3.33. The molecule has 0 unspecified atom stereocenters. The molecule has 1 fully saturated rings. The van der Waals surface area contributed by atoms with Gasteiger partial charge in [0.15, 0.2) is 11.4 Å². The van der Waals surface area contributed by atoms with Crippen molar-refractivity contribution in [3.63, 3.8) is 0 Å². The van der Waals surface area contributed by atoms with Crippen LogP contribution in [0.3, 0.4) is 0 Å². The van der Waals surface area contributed by atoms with Crippen LogP contribution in [0.25, 0.3) is 44.7 Å². The molecule has 3 heterocycles. The Balaban J connectivity index is 1.54. The molecule has 0 aliphatic carbocycles. The number of nitrogens with zero attached hydrogens (tertiary/aromatic N) is 2. The first-order valence-electron chi connectivity index (χ1n) is 11.5. The lowest BCUT2D eigenvalue weighted by Crippen LogP contribution is -2.41. The highest BCUT2D eigenvalue weighted by Crippen LogP contribution is 2.38. The molecule has 5 aromatic rings. The number of para-hydroxylation sites is 1. The molecule has 0 atom stereocenters. The van der Waals surface area contributed by atoms with Gasteiger partial charge in [0.05, 0.1) is 11.2 Å². The van der Waals surface area contributed by atoms with E-state index < -0.39 is 18.3 Å². The molecule has 0 N–H and O–H groups in total. The summed E-state index contributed by atoms with van der Waals surface area (Å²) >= 11 is 0. The highest BCUT2D eigenvalue weighted by atomic mass is 16.7. The summed E-state index contributed by atoms with van der Waals surface area (Å²) in [4.78, 5) is 9.88. The molecule has 6 heteroatoms. The monoisotopic (exact) mass is 448 g/mol. The molecule has 3 aromatic carbocycles. The second-order valence-corrected chi connectivity index (χ2v) is 9.75. The summed E-state index contributed by atoms with van der Waals surface area (Å²) in [7, 11) is -0.452. The van der Waals surface area contributed by atoms with Crippen LogP contribution in [-0.4, -0.2) is 28.3 Å². The Morgan fingerprint density at radius 3 is 2.15 bits per heavy atom. The van der Waals surface area contributed by atoms with Crippen molar-refractivity contribution in [2.24, 2.45) is 0 Å². The summed E-state index contributed by atoms with van der Waals surface area (Å²) in [5.41, 5.74) is 5.03. The Bertz CT molecular complexity index is 1510. The zero-order valence-electron chi connectivity index (χ0n) is 19.7. The summed E-state index contributed by atoms with van der Waals surface area (Å²) in [5, 5.41) is 0.973. The van der Waals surface area contributed by atoms with Gasteiger partial charge in [-0.3, -0.25) is 0 Å². The Kier molecular flexibility index (Phi) is 4.66.